The fourth-order valence-electron chi connectivity index (χ4n) is 2.94. The highest BCUT2D eigenvalue weighted by atomic mass is 35.5. The smallest absolute Gasteiger partial charge is 0.267 e. The van der Waals surface area contributed by atoms with Crippen molar-refractivity contribution in [2.24, 2.45) is 0 Å². The van der Waals surface area contributed by atoms with Gasteiger partial charge in [-0.05, 0) is 25.3 Å². The van der Waals surface area contributed by atoms with E-state index in [0.29, 0.717) is 34.2 Å². The number of aromatic nitrogens is 1. The molecule has 0 unspecified atom stereocenters. The third-order valence-electron chi connectivity index (χ3n) is 4.47. The number of carbonyl (C=O) groups is 1. The second kappa shape index (κ2) is 7.94. The van der Waals surface area contributed by atoms with E-state index in [1.165, 1.54) is 18.6 Å². The van der Waals surface area contributed by atoms with Crippen LogP contribution < -0.4 is 24.2 Å². The van der Waals surface area contributed by atoms with Gasteiger partial charge in [-0.2, -0.15) is 0 Å². The van der Waals surface area contributed by atoms with Crippen LogP contribution in [0.3, 0.4) is 0 Å². The van der Waals surface area contributed by atoms with E-state index in [9.17, 15) is 13.2 Å². The average molecular weight is 486 g/mol. The lowest BCUT2D eigenvalue weighted by atomic mass is 10.1. The Morgan fingerprint density at radius 1 is 1.32 bits per heavy atom. The minimum atomic E-state index is -4.18. The third kappa shape index (κ3) is 3.77. The quantitative estimate of drug-likeness (QED) is 0.539. The predicted molar refractivity (Wildman–Crippen MR) is 113 cm³/mol. The number of aryl methyl sites for hydroxylation is 1. The van der Waals surface area contributed by atoms with Crippen LogP contribution in [0.1, 0.15) is 20.9 Å². The molecule has 3 aromatic rings. The van der Waals surface area contributed by atoms with Crippen molar-refractivity contribution in [1.29, 1.82) is 0 Å². The van der Waals surface area contributed by atoms with Crippen molar-refractivity contribution >= 4 is 50.4 Å². The molecule has 1 aliphatic rings. The molecule has 164 valence electrons. The van der Waals surface area contributed by atoms with Crippen molar-refractivity contribution in [3.05, 3.63) is 38.7 Å². The van der Waals surface area contributed by atoms with Gasteiger partial charge in [0.2, 0.25) is 6.79 Å². The van der Waals surface area contributed by atoms with Crippen molar-refractivity contribution in [2.75, 3.05) is 23.9 Å². The van der Waals surface area contributed by atoms with Crippen LogP contribution >= 0.6 is 22.9 Å². The fourth-order valence-corrected chi connectivity index (χ4v) is 5.43. The SMILES string of the molecule is COc1cc2c(c(C)c1NC(=O)c1sccc1S(=O)(=O)Nc1onc(C)c1Cl)OCO2. The lowest BCUT2D eigenvalue weighted by molar-refractivity contribution is 0.102. The van der Waals surface area contributed by atoms with Gasteiger partial charge >= 0.3 is 0 Å². The van der Waals surface area contributed by atoms with Crippen molar-refractivity contribution < 1.29 is 31.9 Å². The van der Waals surface area contributed by atoms with Crippen LogP contribution in [0.15, 0.2) is 26.9 Å². The summed E-state index contributed by atoms with van der Waals surface area (Å²) in [7, 11) is -2.73. The number of halogens is 1. The summed E-state index contributed by atoms with van der Waals surface area (Å²) in [5, 5.41) is 7.84. The highest BCUT2D eigenvalue weighted by molar-refractivity contribution is 7.93. The number of nitrogens with zero attached hydrogens (tertiary/aromatic N) is 1. The molecule has 0 atom stereocenters. The van der Waals surface area contributed by atoms with Gasteiger partial charge in [-0.3, -0.25) is 4.79 Å². The van der Waals surface area contributed by atoms with Gasteiger partial charge in [0.1, 0.15) is 26.2 Å². The number of hydrogen-bond donors (Lipinski definition) is 2. The molecule has 0 saturated carbocycles. The maximum Gasteiger partial charge on any atom is 0.267 e. The molecule has 2 aromatic heterocycles. The molecule has 1 amide bonds. The summed E-state index contributed by atoms with van der Waals surface area (Å²) in [5.41, 5.74) is 1.26. The molecule has 0 spiro atoms. The van der Waals surface area contributed by atoms with Gasteiger partial charge in [-0.1, -0.05) is 16.8 Å². The van der Waals surface area contributed by atoms with E-state index in [0.717, 1.165) is 11.3 Å². The van der Waals surface area contributed by atoms with Crippen LogP contribution in [-0.4, -0.2) is 33.4 Å². The molecule has 0 aliphatic carbocycles. The Morgan fingerprint density at radius 3 is 2.77 bits per heavy atom. The minimum Gasteiger partial charge on any atom is -0.494 e. The summed E-state index contributed by atoms with van der Waals surface area (Å²) < 4.78 is 49.0. The second-order valence-electron chi connectivity index (χ2n) is 6.40. The van der Waals surface area contributed by atoms with E-state index in [1.807, 2.05) is 0 Å². The highest BCUT2D eigenvalue weighted by Gasteiger charge is 2.29. The molecule has 0 bridgehead atoms. The van der Waals surface area contributed by atoms with Crippen LogP contribution in [0.25, 0.3) is 0 Å². The topological polar surface area (TPSA) is 129 Å². The largest absolute Gasteiger partial charge is 0.494 e. The third-order valence-corrected chi connectivity index (χ3v) is 7.33. The van der Waals surface area contributed by atoms with E-state index in [2.05, 4.69) is 15.2 Å². The van der Waals surface area contributed by atoms with Crippen LogP contribution in [0.2, 0.25) is 5.02 Å². The van der Waals surface area contributed by atoms with Crippen LogP contribution in [0.5, 0.6) is 17.2 Å². The lowest BCUT2D eigenvalue weighted by Gasteiger charge is -2.15. The standard InChI is InChI=1S/C18H16ClN3O7S2/c1-8-14(10(26-3)6-11-15(8)28-7-27-11)20-17(23)16-12(4-5-30-16)31(24,25)22-18-13(19)9(2)21-29-18/h4-6,22H,7H2,1-3H3,(H,20,23). The summed E-state index contributed by atoms with van der Waals surface area (Å²) in [6, 6.07) is 2.90. The summed E-state index contributed by atoms with van der Waals surface area (Å²) in [6.45, 7) is 3.35. The number of rotatable bonds is 6. The van der Waals surface area contributed by atoms with Gasteiger partial charge in [-0.15, -0.1) is 11.3 Å². The first-order valence-electron chi connectivity index (χ1n) is 8.73. The normalized spacial score (nSPS) is 12.6. The Morgan fingerprint density at radius 2 is 2.10 bits per heavy atom. The number of nitrogens with one attached hydrogen (secondary N) is 2. The molecule has 31 heavy (non-hydrogen) atoms. The average Bonchev–Trinajstić information content (AvgIpc) is 3.47. The zero-order chi connectivity index (χ0) is 22.3. The van der Waals surface area contributed by atoms with Crippen molar-refractivity contribution in [1.82, 2.24) is 5.16 Å². The van der Waals surface area contributed by atoms with Crippen molar-refractivity contribution in [3.8, 4) is 17.2 Å². The number of hydrogen-bond acceptors (Lipinski definition) is 9. The maximum atomic E-state index is 13.0. The van der Waals surface area contributed by atoms with Gasteiger partial charge in [0, 0.05) is 11.6 Å². The molecule has 1 aliphatic heterocycles. The van der Waals surface area contributed by atoms with Gasteiger partial charge in [0.05, 0.1) is 12.8 Å². The number of methoxy groups -OCH3 is 1. The highest BCUT2D eigenvalue weighted by Crippen LogP contribution is 2.45. The Bertz CT molecular complexity index is 1280. The predicted octanol–water partition coefficient (Wildman–Crippen LogP) is 3.80. The van der Waals surface area contributed by atoms with Crippen LogP contribution in [0, 0.1) is 13.8 Å². The second-order valence-corrected chi connectivity index (χ2v) is 9.34. The molecule has 3 heterocycles. The molecular formula is C18H16ClN3O7S2. The number of anilines is 2. The Balaban J connectivity index is 1.65. The number of thiophene rings is 1. The molecule has 2 N–H and O–H groups in total. The Kier molecular flexibility index (Phi) is 5.45. The lowest BCUT2D eigenvalue weighted by Crippen LogP contribution is -2.19. The van der Waals surface area contributed by atoms with Crippen LogP contribution in [0.4, 0.5) is 11.6 Å². The van der Waals surface area contributed by atoms with Crippen LogP contribution in [-0.2, 0) is 10.0 Å². The summed E-state index contributed by atoms with van der Waals surface area (Å²) in [4.78, 5) is 12.7. The van der Waals surface area contributed by atoms with Gasteiger partial charge < -0.3 is 24.1 Å². The first-order valence-corrected chi connectivity index (χ1v) is 11.5. The molecule has 0 fully saturated rings. The Hall–Kier alpha value is -2.96. The minimum absolute atomic E-state index is 0.0329. The Labute approximate surface area is 186 Å². The summed E-state index contributed by atoms with van der Waals surface area (Å²) in [6.07, 6.45) is 0. The van der Waals surface area contributed by atoms with Gasteiger partial charge in [-0.25, -0.2) is 13.1 Å². The summed E-state index contributed by atoms with van der Waals surface area (Å²) >= 11 is 6.95. The number of amides is 1. The number of sulfonamides is 1. The van der Waals surface area contributed by atoms with E-state index in [-0.39, 0.29) is 27.5 Å². The molecule has 13 heteroatoms. The number of benzene rings is 1. The van der Waals surface area contributed by atoms with Gasteiger partial charge in [0.25, 0.3) is 21.8 Å². The molecular weight excluding hydrogens is 470 g/mol. The maximum absolute atomic E-state index is 13.0. The zero-order valence-corrected chi connectivity index (χ0v) is 18.8. The van der Waals surface area contributed by atoms with E-state index in [1.54, 1.807) is 19.9 Å². The molecule has 0 radical (unpaired) electrons. The van der Waals surface area contributed by atoms with Gasteiger partial charge in [0.15, 0.2) is 11.5 Å². The first-order chi connectivity index (χ1) is 14.7. The zero-order valence-electron chi connectivity index (χ0n) is 16.4. The van der Waals surface area contributed by atoms with E-state index < -0.39 is 15.9 Å². The molecule has 0 saturated heterocycles. The first kappa shape index (κ1) is 21.3. The molecule has 10 nitrogen and oxygen atoms in total. The monoisotopic (exact) mass is 485 g/mol. The number of ether oxygens (including phenoxy) is 3. The number of carbonyl (C=O) groups excluding carboxylic acids is 1. The fraction of sp³-hybridized carbons (Fsp3) is 0.222. The van der Waals surface area contributed by atoms with E-state index >= 15 is 0 Å². The van der Waals surface area contributed by atoms with Crippen molar-refractivity contribution in [2.45, 2.75) is 18.7 Å². The molecule has 1 aromatic carbocycles. The van der Waals surface area contributed by atoms with E-state index in [4.69, 9.17) is 30.3 Å². The molecule has 4 rings (SSSR count). The number of fused-ring (bicyclic) bond motifs is 1. The van der Waals surface area contributed by atoms with Crippen molar-refractivity contribution in [3.63, 3.8) is 0 Å². The summed E-state index contributed by atoms with van der Waals surface area (Å²) in [5.74, 6) is 0.445.